The third-order valence-corrected chi connectivity index (χ3v) is 3.15. The number of nitrogens with zero attached hydrogens (tertiary/aromatic N) is 1. The normalized spacial score (nSPS) is 13.7. The molecule has 0 heterocycles. The molecule has 0 amide bonds. The molecule has 18 heavy (non-hydrogen) atoms. The van der Waals surface area contributed by atoms with Crippen LogP contribution in [0.2, 0.25) is 0 Å². The van der Waals surface area contributed by atoms with Gasteiger partial charge in [0, 0.05) is 12.1 Å². The van der Waals surface area contributed by atoms with Gasteiger partial charge in [-0.05, 0) is 25.8 Å². The third-order valence-electron chi connectivity index (χ3n) is 3.15. The lowest BCUT2D eigenvalue weighted by molar-refractivity contribution is -0.384. The van der Waals surface area contributed by atoms with E-state index >= 15 is 0 Å². The lowest BCUT2D eigenvalue weighted by Crippen LogP contribution is -2.33. The molecule has 0 aliphatic carbocycles. The predicted molar refractivity (Wildman–Crippen MR) is 67.4 cm³/mol. The Morgan fingerprint density at radius 1 is 1.33 bits per heavy atom. The van der Waals surface area contributed by atoms with Crippen LogP contribution in [0.25, 0.3) is 0 Å². The molecular weight excluding hydrogens is 234 g/mol. The molecule has 0 saturated carbocycles. The molecule has 1 aromatic carbocycles. The van der Waals surface area contributed by atoms with Crippen LogP contribution in [0.5, 0.6) is 0 Å². The zero-order chi connectivity index (χ0) is 13.8. The number of carbonyl (C=O) groups is 1. The van der Waals surface area contributed by atoms with Crippen LogP contribution >= 0.6 is 0 Å². The summed E-state index contributed by atoms with van der Waals surface area (Å²) in [7, 11) is 0. The zero-order valence-electron chi connectivity index (χ0n) is 10.8. The number of ether oxygens (including phenoxy) is 1. The zero-order valence-corrected chi connectivity index (χ0v) is 10.8. The molecular formula is C13H17NO4. The van der Waals surface area contributed by atoms with Crippen LogP contribution in [0, 0.1) is 10.1 Å². The molecule has 0 fully saturated rings. The first kappa shape index (κ1) is 14.2. The third kappa shape index (κ3) is 2.67. The van der Waals surface area contributed by atoms with Crippen molar-refractivity contribution in [2.45, 2.75) is 32.6 Å². The van der Waals surface area contributed by atoms with Crippen molar-refractivity contribution in [2.75, 3.05) is 6.61 Å². The summed E-state index contributed by atoms with van der Waals surface area (Å²) in [6, 6.07) is 6.03. The molecule has 1 aromatic rings. The maximum absolute atomic E-state index is 12.0. The largest absolute Gasteiger partial charge is 0.465 e. The summed E-state index contributed by atoms with van der Waals surface area (Å²) in [4.78, 5) is 22.1. The monoisotopic (exact) mass is 251 g/mol. The van der Waals surface area contributed by atoms with Gasteiger partial charge in [-0.2, -0.15) is 0 Å². The number of nitro groups is 1. The van der Waals surface area contributed by atoms with E-state index in [0.717, 1.165) is 5.56 Å². The van der Waals surface area contributed by atoms with Gasteiger partial charge in [0.25, 0.3) is 5.69 Å². The molecule has 0 aliphatic rings. The van der Waals surface area contributed by atoms with E-state index in [4.69, 9.17) is 4.74 Å². The number of esters is 1. The molecule has 5 nitrogen and oxygen atoms in total. The van der Waals surface area contributed by atoms with E-state index in [-0.39, 0.29) is 11.7 Å². The van der Waals surface area contributed by atoms with Crippen molar-refractivity contribution in [3.8, 4) is 0 Å². The number of hydrogen-bond acceptors (Lipinski definition) is 4. The fourth-order valence-electron chi connectivity index (χ4n) is 1.71. The van der Waals surface area contributed by atoms with Crippen LogP contribution in [-0.2, 0) is 14.9 Å². The minimum atomic E-state index is -0.759. The van der Waals surface area contributed by atoms with E-state index in [1.165, 1.54) is 12.1 Å². The Morgan fingerprint density at radius 3 is 2.28 bits per heavy atom. The summed E-state index contributed by atoms with van der Waals surface area (Å²) in [5.74, 6) is -0.304. The second kappa shape index (κ2) is 5.62. The van der Waals surface area contributed by atoms with Crippen molar-refractivity contribution >= 4 is 11.7 Å². The van der Waals surface area contributed by atoms with Gasteiger partial charge in [0.2, 0.25) is 0 Å². The van der Waals surface area contributed by atoms with Gasteiger partial charge in [-0.15, -0.1) is 0 Å². The Labute approximate surface area is 106 Å². The first-order valence-electron chi connectivity index (χ1n) is 5.87. The fraction of sp³-hybridized carbons (Fsp3) is 0.462. The summed E-state index contributed by atoms with van der Waals surface area (Å²) >= 11 is 0. The van der Waals surface area contributed by atoms with E-state index in [9.17, 15) is 14.9 Å². The summed E-state index contributed by atoms with van der Waals surface area (Å²) < 4.78 is 5.06. The summed E-state index contributed by atoms with van der Waals surface area (Å²) in [6.45, 7) is 5.75. The van der Waals surface area contributed by atoms with Gasteiger partial charge >= 0.3 is 5.97 Å². The van der Waals surface area contributed by atoms with E-state index in [1.807, 2.05) is 6.92 Å². The van der Waals surface area contributed by atoms with Gasteiger partial charge in [0.05, 0.1) is 16.9 Å². The second-order valence-electron chi connectivity index (χ2n) is 4.21. The molecule has 0 bridgehead atoms. The molecule has 0 N–H and O–H groups in total. The molecule has 0 aromatic heterocycles. The van der Waals surface area contributed by atoms with E-state index in [1.54, 1.807) is 26.0 Å². The lowest BCUT2D eigenvalue weighted by atomic mass is 9.80. The predicted octanol–water partition coefficient (Wildman–Crippen LogP) is 2.83. The molecule has 0 radical (unpaired) electrons. The average Bonchev–Trinajstić information content (AvgIpc) is 2.38. The number of rotatable bonds is 5. The van der Waals surface area contributed by atoms with E-state index in [2.05, 4.69) is 0 Å². The molecule has 1 unspecified atom stereocenters. The minimum Gasteiger partial charge on any atom is -0.465 e. The van der Waals surface area contributed by atoms with Gasteiger partial charge in [0.1, 0.15) is 0 Å². The first-order chi connectivity index (χ1) is 8.45. The van der Waals surface area contributed by atoms with Crippen LogP contribution in [0.1, 0.15) is 32.8 Å². The maximum atomic E-state index is 12.0. The molecule has 1 atom stereocenters. The van der Waals surface area contributed by atoms with Crippen LogP contribution < -0.4 is 0 Å². The number of nitro benzene ring substituents is 1. The Kier molecular flexibility index (Phi) is 4.42. The highest BCUT2D eigenvalue weighted by Gasteiger charge is 2.35. The van der Waals surface area contributed by atoms with E-state index < -0.39 is 10.3 Å². The van der Waals surface area contributed by atoms with Gasteiger partial charge in [-0.25, -0.2) is 0 Å². The summed E-state index contributed by atoms with van der Waals surface area (Å²) in [5.41, 5.74) is -0.0133. The van der Waals surface area contributed by atoms with Gasteiger partial charge < -0.3 is 4.74 Å². The van der Waals surface area contributed by atoms with Gasteiger partial charge in [-0.1, -0.05) is 19.1 Å². The Bertz CT molecular complexity index is 441. The van der Waals surface area contributed by atoms with Crippen LogP contribution in [0.15, 0.2) is 24.3 Å². The number of benzene rings is 1. The van der Waals surface area contributed by atoms with Crippen LogP contribution in [0.3, 0.4) is 0 Å². The highest BCUT2D eigenvalue weighted by molar-refractivity contribution is 5.82. The highest BCUT2D eigenvalue weighted by atomic mass is 16.6. The molecule has 0 saturated heterocycles. The van der Waals surface area contributed by atoms with Crippen molar-refractivity contribution < 1.29 is 14.5 Å². The van der Waals surface area contributed by atoms with Gasteiger partial charge in [0.15, 0.2) is 0 Å². The average molecular weight is 251 g/mol. The topological polar surface area (TPSA) is 69.4 Å². The Balaban J connectivity index is 3.08. The quantitative estimate of drug-likeness (QED) is 0.458. The molecule has 1 rings (SSSR count). The molecule has 0 spiro atoms. The smallest absolute Gasteiger partial charge is 0.316 e. The Hall–Kier alpha value is -1.91. The summed E-state index contributed by atoms with van der Waals surface area (Å²) in [5, 5.41) is 10.6. The number of carbonyl (C=O) groups excluding carboxylic acids is 1. The van der Waals surface area contributed by atoms with Gasteiger partial charge in [-0.3, -0.25) is 14.9 Å². The van der Waals surface area contributed by atoms with Crippen molar-refractivity contribution in [2.24, 2.45) is 0 Å². The minimum absolute atomic E-state index is 0.0149. The SMILES string of the molecule is CCOC(=O)C(C)(CC)c1ccc([N+](=O)[O-])cc1. The fourth-order valence-corrected chi connectivity index (χ4v) is 1.71. The maximum Gasteiger partial charge on any atom is 0.316 e. The summed E-state index contributed by atoms with van der Waals surface area (Å²) in [6.07, 6.45) is 0.573. The Morgan fingerprint density at radius 2 is 1.89 bits per heavy atom. The highest BCUT2D eigenvalue weighted by Crippen LogP contribution is 2.30. The number of non-ortho nitro benzene ring substituents is 1. The molecule has 98 valence electrons. The second-order valence-corrected chi connectivity index (χ2v) is 4.21. The van der Waals surface area contributed by atoms with Crippen molar-refractivity contribution in [1.82, 2.24) is 0 Å². The van der Waals surface area contributed by atoms with Crippen LogP contribution in [-0.4, -0.2) is 17.5 Å². The molecule has 0 aliphatic heterocycles. The number of hydrogen-bond donors (Lipinski definition) is 0. The van der Waals surface area contributed by atoms with Crippen molar-refractivity contribution in [1.29, 1.82) is 0 Å². The van der Waals surface area contributed by atoms with Crippen molar-refractivity contribution in [3.63, 3.8) is 0 Å². The van der Waals surface area contributed by atoms with Crippen LogP contribution in [0.4, 0.5) is 5.69 Å². The lowest BCUT2D eigenvalue weighted by Gasteiger charge is -2.26. The van der Waals surface area contributed by atoms with E-state index in [0.29, 0.717) is 13.0 Å². The van der Waals surface area contributed by atoms with Crippen molar-refractivity contribution in [3.05, 3.63) is 39.9 Å². The first-order valence-corrected chi connectivity index (χ1v) is 5.87. The standard InChI is InChI=1S/C13H17NO4/c1-4-13(3,12(15)18-5-2)10-6-8-11(9-7-10)14(16)17/h6-9H,4-5H2,1-3H3. The molecule has 5 heteroatoms.